The molecule has 1 saturated heterocycles. The van der Waals surface area contributed by atoms with Crippen molar-refractivity contribution in [1.29, 1.82) is 0 Å². The van der Waals surface area contributed by atoms with E-state index in [0.29, 0.717) is 17.2 Å². The lowest BCUT2D eigenvalue weighted by atomic mass is 9.98. The fourth-order valence-electron chi connectivity index (χ4n) is 3.39. The number of hydrogen-bond donors (Lipinski definition) is 2. The number of para-hydroxylation sites is 1. The molecule has 3 rings (SSSR count). The molecule has 162 valence electrons. The van der Waals surface area contributed by atoms with Gasteiger partial charge in [-0.3, -0.25) is 14.9 Å². The van der Waals surface area contributed by atoms with Gasteiger partial charge < -0.3 is 15.0 Å². The molecule has 1 aliphatic heterocycles. The highest BCUT2D eigenvalue weighted by molar-refractivity contribution is 7.80. The Morgan fingerprint density at radius 1 is 1.03 bits per heavy atom. The van der Waals surface area contributed by atoms with Crippen molar-refractivity contribution in [2.24, 2.45) is 5.92 Å². The molecule has 0 spiro atoms. The van der Waals surface area contributed by atoms with Crippen molar-refractivity contribution in [1.82, 2.24) is 10.2 Å². The van der Waals surface area contributed by atoms with E-state index in [9.17, 15) is 14.4 Å². The molecule has 0 bridgehead atoms. The number of anilines is 1. The molecule has 1 aliphatic rings. The van der Waals surface area contributed by atoms with Gasteiger partial charge in [-0.1, -0.05) is 25.1 Å². The molecule has 1 heterocycles. The molecule has 0 unspecified atom stereocenters. The standard InChI is InChI=1S/C23H25N3O4S/c1-15-10-12-26(13-11-15)21(28)18-8-3-4-9-19(18)24-23(31)25-20(27)16-6-5-7-17(14-16)22(29)30-2/h3-9,14-15H,10-13H2,1-2H3,(H2,24,25,27,31). The Kier molecular flexibility index (Phi) is 7.36. The lowest BCUT2D eigenvalue weighted by Crippen LogP contribution is -2.39. The van der Waals surface area contributed by atoms with E-state index >= 15 is 0 Å². The first-order valence-corrected chi connectivity index (χ1v) is 10.5. The zero-order valence-electron chi connectivity index (χ0n) is 17.5. The number of esters is 1. The van der Waals surface area contributed by atoms with Crippen molar-refractivity contribution in [2.75, 3.05) is 25.5 Å². The number of carbonyl (C=O) groups excluding carboxylic acids is 3. The summed E-state index contributed by atoms with van der Waals surface area (Å²) in [6.07, 6.45) is 1.97. The molecule has 0 radical (unpaired) electrons. The van der Waals surface area contributed by atoms with Crippen LogP contribution in [0.15, 0.2) is 48.5 Å². The van der Waals surface area contributed by atoms with Crippen molar-refractivity contribution in [3.8, 4) is 0 Å². The first-order chi connectivity index (χ1) is 14.9. The van der Waals surface area contributed by atoms with Gasteiger partial charge in [-0.15, -0.1) is 0 Å². The maximum Gasteiger partial charge on any atom is 0.337 e. The molecule has 0 aliphatic carbocycles. The number of nitrogens with one attached hydrogen (secondary N) is 2. The van der Waals surface area contributed by atoms with Crippen molar-refractivity contribution >= 4 is 40.8 Å². The smallest absolute Gasteiger partial charge is 0.337 e. The lowest BCUT2D eigenvalue weighted by molar-refractivity contribution is 0.0600. The Hall–Kier alpha value is -3.26. The molecule has 8 heteroatoms. The topological polar surface area (TPSA) is 87.7 Å². The molecule has 2 aromatic carbocycles. The van der Waals surface area contributed by atoms with Crippen LogP contribution in [0.1, 0.15) is 50.8 Å². The van der Waals surface area contributed by atoms with E-state index in [1.165, 1.54) is 13.2 Å². The summed E-state index contributed by atoms with van der Waals surface area (Å²) in [5.41, 5.74) is 1.56. The maximum atomic E-state index is 13.0. The van der Waals surface area contributed by atoms with Crippen LogP contribution in [0.2, 0.25) is 0 Å². The van der Waals surface area contributed by atoms with Crippen LogP contribution in [-0.4, -0.2) is 48.0 Å². The van der Waals surface area contributed by atoms with Crippen LogP contribution < -0.4 is 10.6 Å². The monoisotopic (exact) mass is 439 g/mol. The summed E-state index contributed by atoms with van der Waals surface area (Å²) in [6, 6.07) is 13.2. The number of benzene rings is 2. The van der Waals surface area contributed by atoms with Gasteiger partial charge in [0.15, 0.2) is 5.11 Å². The van der Waals surface area contributed by atoms with Crippen molar-refractivity contribution in [3.63, 3.8) is 0 Å². The van der Waals surface area contributed by atoms with Crippen LogP contribution in [0.3, 0.4) is 0 Å². The molecular weight excluding hydrogens is 414 g/mol. The highest BCUT2D eigenvalue weighted by Crippen LogP contribution is 2.22. The molecule has 31 heavy (non-hydrogen) atoms. The quantitative estimate of drug-likeness (QED) is 0.560. The van der Waals surface area contributed by atoms with Gasteiger partial charge in [-0.25, -0.2) is 4.79 Å². The molecule has 2 aromatic rings. The van der Waals surface area contributed by atoms with Crippen molar-refractivity contribution < 1.29 is 19.1 Å². The number of hydrogen-bond acceptors (Lipinski definition) is 5. The molecule has 7 nitrogen and oxygen atoms in total. The third-order valence-corrected chi connectivity index (χ3v) is 5.45. The third kappa shape index (κ3) is 5.67. The predicted octanol–water partition coefficient (Wildman–Crippen LogP) is 3.47. The van der Waals surface area contributed by atoms with Crippen LogP contribution >= 0.6 is 12.2 Å². The summed E-state index contributed by atoms with van der Waals surface area (Å²) in [4.78, 5) is 39.1. The van der Waals surface area contributed by atoms with E-state index in [-0.39, 0.29) is 22.1 Å². The van der Waals surface area contributed by atoms with Crippen LogP contribution in [0, 0.1) is 5.92 Å². The van der Waals surface area contributed by atoms with Gasteiger partial charge in [-0.2, -0.15) is 0 Å². The Balaban J connectivity index is 1.68. The van der Waals surface area contributed by atoms with Crippen LogP contribution in [0.5, 0.6) is 0 Å². The number of carbonyl (C=O) groups is 3. The number of piperidine rings is 1. The zero-order chi connectivity index (χ0) is 22.4. The molecular formula is C23H25N3O4S. The van der Waals surface area contributed by atoms with Crippen LogP contribution in [-0.2, 0) is 4.74 Å². The van der Waals surface area contributed by atoms with E-state index in [4.69, 9.17) is 12.2 Å². The van der Waals surface area contributed by atoms with E-state index in [0.717, 1.165) is 25.9 Å². The summed E-state index contributed by atoms with van der Waals surface area (Å²) < 4.78 is 4.68. The predicted molar refractivity (Wildman–Crippen MR) is 122 cm³/mol. The minimum Gasteiger partial charge on any atom is -0.465 e. The molecule has 2 amide bonds. The first kappa shape index (κ1) is 22.4. The summed E-state index contributed by atoms with van der Waals surface area (Å²) in [5, 5.41) is 5.59. The first-order valence-electron chi connectivity index (χ1n) is 10.1. The minimum atomic E-state index is -0.533. The second-order valence-electron chi connectivity index (χ2n) is 7.50. The number of rotatable bonds is 4. The number of thiocarbonyl (C=S) groups is 1. The van der Waals surface area contributed by atoms with Gasteiger partial charge in [-0.05, 0) is 61.3 Å². The number of amides is 2. The second-order valence-corrected chi connectivity index (χ2v) is 7.91. The summed E-state index contributed by atoms with van der Waals surface area (Å²) in [6.45, 7) is 3.65. The largest absolute Gasteiger partial charge is 0.465 e. The van der Waals surface area contributed by atoms with Gasteiger partial charge in [0.05, 0.1) is 23.9 Å². The molecule has 1 fully saturated rings. The normalized spacial score (nSPS) is 13.9. The summed E-state index contributed by atoms with van der Waals surface area (Å²) in [7, 11) is 1.28. The molecule has 0 atom stereocenters. The maximum absolute atomic E-state index is 13.0. The Labute approximate surface area is 186 Å². The van der Waals surface area contributed by atoms with Crippen molar-refractivity contribution in [3.05, 3.63) is 65.2 Å². The van der Waals surface area contributed by atoms with E-state index in [1.807, 2.05) is 4.90 Å². The van der Waals surface area contributed by atoms with Gasteiger partial charge in [0.2, 0.25) is 0 Å². The van der Waals surface area contributed by atoms with Crippen LogP contribution in [0.25, 0.3) is 0 Å². The van der Waals surface area contributed by atoms with Gasteiger partial charge in [0.1, 0.15) is 0 Å². The van der Waals surface area contributed by atoms with Gasteiger partial charge in [0.25, 0.3) is 11.8 Å². The molecule has 0 saturated carbocycles. The second kappa shape index (κ2) is 10.2. The van der Waals surface area contributed by atoms with Gasteiger partial charge >= 0.3 is 5.97 Å². The molecule has 2 N–H and O–H groups in total. The summed E-state index contributed by atoms with van der Waals surface area (Å²) >= 11 is 5.28. The fourth-order valence-corrected chi connectivity index (χ4v) is 3.60. The SMILES string of the molecule is COC(=O)c1cccc(C(=O)NC(=S)Nc2ccccc2C(=O)N2CCC(C)CC2)c1. The number of nitrogens with zero attached hydrogens (tertiary/aromatic N) is 1. The average Bonchev–Trinajstić information content (AvgIpc) is 2.79. The fraction of sp³-hybridized carbons (Fsp3) is 0.304. The summed E-state index contributed by atoms with van der Waals surface area (Å²) in [5.74, 6) is -0.445. The lowest BCUT2D eigenvalue weighted by Gasteiger charge is -2.30. The Morgan fingerprint density at radius 2 is 1.71 bits per heavy atom. The van der Waals surface area contributed by atoms with E-state index in [1.54, 1.807) is 42.5 Å². The van der Waals surface area contributed by atoms with E-state index in [2.05, 4.69) is 22.3 Å². The zero-order valence-corrected chi connectivity index (χ0v) is 18.3. The minimum absolute atomic E-state index is 0.0565. The number of likely N-dealkylation sites (tertiary alicyclic amines) is 1. The van der Waals surface area contributed by atoms with E-state index < -0.39 is 11.9 Å². The highest BCUT2D eigenvalue weighted by atomic mass is 32.1. The van der Waals surface area contributed by atoms with Crippen molar-refractivity contribution in [2.45, 2.75) is 19.8 Å². The highest BCUT2D eigenvalue weighted by Gasteiger charge is 2.23. The average molecular weight is 440 g/mol. The third-order valence-electron chi connectivity index (χ3n) is 5.25. The van der Waals surface area contributed by atoms with Gasteiger partial charge in [0, 0.05) is 18.7 Å². The number of ether oxygens (including phenoxy) is 1. The van der Waals surface area contributed by atoms with Crippen LogP contribution in [0.4, 0.5) is 5.69 Å². The Bertz CT molecular complexity index is 1000. The molecule has 0 aromatic heterocycles. The number of methoxy groups -OCH3 is 1. The Morgan fingerprint density at radius 3 is 2.42 bits per heavy atom.